The van der Waals surface area contributed by atoms with Crippen molar-refractivity contribution >= 4 is 5.82 Å². The number of allylic oxidation sites excluding steroid dienone is 3. The maximum atomic E-state index is 6.04. The molecule has 0 saturated heterocycles. The molecule has 0 atom stereocenters. The molecule has 3 heteroatoms. The number of hydrogen-bond acceptors (Lipinski definition) is 3. The summed E-state index contributed by atoms with van der Waals surface area (Å²) in [6.07, 6.45) is 3.65. The van der Waals surface area contributed by atoms with Crippen LogP contribution in [0.5, 0.6) is 0 Å². The number of nitrogens with zero attached hydrogens (tertiary/aromatic N) is 1. The fourth-order valence-corrected chi connectivity index (χ4v) is 1.27. The first-order valence-corrected chi connectivity index (χ1v) is 6.49. The molecule has 0 aromatic carbocycles. The summed E-state index contributed by atoms with van der Waals surface area (Å²) in [5.41, 5.74) is 9.58. The van der Waals surface area contributed by atoms with Crippen LogP contribution < -0.4 is 11.1 Å². The smallest absolute Gasteiger partial charge is 0.130 e. The zero-order valence-electron chi connectivity index (χ0n) is 12.6. The van der Waals surface area contributed by atoms with E-state index in [-0.39, 0.29) is 0 Å². The molecular formula is C16H25N3. The van der Waals surface area contributed by atoms with Gasteiger partial charge in [0, 0.05) is 6.20 Å². The molecule has 3 N–H and O–H groups in total. The van der Waals surface area contributed by atoms with E-state index in [1.54, 1.807) is 6.20 Å². The van der Waals surface area contributed by atoms with Gasteiger partial charge in [0.05, 0.1) is 11.4 Å². The van der Waals surface area contributed by atoms with Crippen LogP contribution >= 0.6 is 0 Å². The van der Waals surface area contributed by atoms with Crippen LogP contribution in [0.4, 0.5) is 5.82 Å². The summed E-state index contributed by atoms with van der Waals surface area (Å²) >= 11 is 0. The molecule has 0 radical (unpaired) electrons. The minimum absolute atomic E-state index is 0.721. The zero-order valence-corrected chi connectivity index (χ0v) is 12.6. The van der Waals surface area contributed by atoms with Crippen molar-refractivity contribution < 1.29 is 0 Å². The molecule has 0 aliphatic carbocycles. The van der Waals surface area contributed by atoms with E-state index in [1.165, 1.54) is 0 Å². The van der Waals surface area contributed by atoms with Crippen molar-refractivity contribution in [3.05, 3.63) is 59.6 Å². The molecule has 3 nitrogen and oxygen atoms in total. The number of rotatable bonds is 4. The van der Waals surface area contributed by atoms with Crippen LogP contribution in [0, 0.1) is 0 Å². The first-order chi connectivity index (χ1) is 9.00. The highest BCUT2D eigenvalue weighted by Gasteiger charge is 2.04. The van der Waals surface area contributed by atoms with Crippen molar-refractivity contribution in [3.8, 4) is 0 Å². The quantitative estimate of drug-likeness (QED) is 0.795. The van der Waals surface area contributed by atoms with Gasteiger partial charge in [0.1, 0.15) is 5.82 Å². The summed E-state index contributed by atoms with van der Waals surface area (Å²) in [5, 5.41) is 3.20. The van der Waals surface area contributed by atoms with Crippen molar-refractivity contribution in [1.29, 1.82) is 0 Å². The van der Waals surface area contributed by atoms with Crippen molar-refractivity contribution in [2.45, 2.75) is 34.6 Å². The zero-order chi connectivity index (χ0) is 14.8. The fourth-order valence-electron chi connectivity index (χ4n) is 1.27. The van der Waals surface area contributed by atoms with Gasteiger partial charge in [-0.3, -0.25) is 0 Å². The van der Waals surface area contributed by atoms with Gasteiger partial charge in [-0.05, 0) is 39.0 Å². The lowest BCUT2D eigenvalue weighted by molar-refractivity contribution is 1.17. The highest BCUT2D eigenvalue weighted by Crippen LogP contribution is 2.14. The Morgan fingerprint density at radius 2 is 1.89 bits per heavy atom. The lowest BCUT2D eigenvalue weighted by atomic mass is 10.1. The number of nitrogens with one attached hydrogen (secondary N) is 1. The average Bonchev–Trinajstić information content (AvgIpc) is 2.40. The number of pyridine rings is 1. The molecule has 1 aromatic rings. The Morgan fingerprint density at radius 1 is 1.26 bits per heavy atom. The Balaban J connectivity index is 0.00000154. The Bertz CT molecular complexity index is 452. The molecule has 0 aliphatic heterocycles. The van der Waals surface area contributed by atoms with E-state index in [4.69, 9.17) is 5.73 Å². The monoisotopic (exact) mass is 259 g/mol. The molecule has 19 heavy (non-hydrogen) atoms. The van der Waals surface area contributed by atoms with E-state index in [0.717, 1.165) is 28.4 Å². The first kappa shape index (κ1) is 17.0. The second-order valence-electron chi connectivity index (χ2n) is 4.16. The summed E-state index contributed by atoms with van der Waals surface area (Å²) in [7, 11) is 0. The van der Waals surface area contributed by atoms with Crippen molar-refractivity contribution in [2.24, 2.45) is 5.73 Å². The Hall–Kier alpha value is -2.03. The van der Waals surface area contributed by atoms with E-state index in [1.807, 2.05) is 58.9 Å². The summed E-state index contributed by atoms with van der Waals surface area (Å²) in [6, 6.07) is 5.69. The minimum Gasteiger partial charge on any atom is -0.397 e. The largest absolute Gasteiger partial charge is 0.397 e. The normalized spacial score (nSPS) is 10.1. The van der Waals surface area contributed by atoms with E-state index >= 15 is 0 Å². The third-order valence-corrected chi connectivity index (χ3v) is 2.15. The molecule has 0 amide bonds. The number of nitrogens with two attached hydrogens (primary N) is 1. The second-order valence-corrected chi connectivity index (χ2v) is 4.16. The SMILES string of the molecule is C=C(C)/C=C(/Nc1ccccn1)C(N)=C(C)C.CC. The lowest BCUT2D eigenvalue weighted by Gasteiger charge is -2.12. The van der Waals surface area contributed by atoms with Gasteiger partial charge in [0.2, 0.25) is 0 Å². The molecule has 0 fully saturated rings. The first-order valence-electron chi connectivity index (χ1n) is 6.49. The molecule has 0 saturated carbocycles. The number of anilines is 1. The van der Waals surface area contributed by atoms with E-state index in [9.17, 15) is 0 Å². The van der Waals surface area contributed by atoms with E-state index in [2.05, 4.69) is 16.9 Å². The predicted octanol–water partition coefficient (Wildman–Crippen LogP) is 4.23. The molecule has 1 aromatic heterocycles. The molecule has 0 bridgehead atoms. The van der Waals surface area contributed by atoms with Crippen LogP contribution in [0.15, 0.2) is 59.6 Å². The summed E-state index contributed by atoms with van der Waals surface area (Å²) < 4.78 is 0. The second kappa shape index (κ2) is 8.97. The Kier molecular flexibility index (Phi) is 8.02. The lowest BCUT2D eigenvalue weighted by Crippen LogP contribution is -2.12. The van der Waals surface area contributed by atoms with Gasteiger partial charge in [-0.25, -0.2) is 4.98 Å². The highest BCUT2D eigenvalue weighted by molar-refractivity contribution is 5.50. The molecule has 0 unspecified atom stereocenters. The van der Waals surface area contributed by atoms with Crippen LogP contribution in [-0.2, 0) is 0 Å². The van der Waals surface area contributed by atoms with Gasteiger partial charge in [-0.2, -0.15) is 0 Å². The van der Waals surface area contributed by atoms with Crippen molar-refractivity contribution in [3.63, 3.8) is 0 Å². The maximum Gasteiger partial charge on any atom is 0.130 e. The third kappa shape index (κ3) is 6.46. The fraction of sp³-hybridized carbons (Fsp3) is 0.312. The Morgan fingerprint density at radius 3 is 2.32 bits per heavy atom. The van der Waals surface area contributed by atoms with Crippen LogP contribution in [0.3, 0.4) is 0 Å². The van der Waals surface area contributed by atoms with Crippen LogP contribution in [-0.4, -0.2) is 4.98 Å². The summed E-state index contributed by atoms with van der Waals surface area (Å²) in [5.74, 6) is 0.768. The molecule has 1 rings (SSSR count). The van der Waals surface area contributed by atoms with Gasteiger partial charge >= 0.3 is 0 Å². The third-order valence-electron chi connectivity index (χ3n) is 2.15. The topological polar surface area (TPSA) is 50.9 Å². The summed E-state index contributed by atoms with van der Waals surface area (Å²) in [4.78, 5) is 4.21. The highest BCUT2D eigenvalue weighted by atomic mass is 15.0. The Labute approximate surface area is 116 Å². The van der Waals surface area contributed by atoms with Crippen LogP contribution in [0.1, 0.15) is 34.6 Å². The van der Waals surface area contributed by atoms with Gasteiger partial charge in [0.25, 0.3) is 0 Å². The van der Waals surface area contributed by atoms with Crippen molar-refractivity contribution in [2.75, 3.05) is 5.32 Å². The van der Waals surface area contributed by atoms with Gasteiger partial charge in [-0.1, -0.05) is 37.6 Å². The van der Waals surface area contributed by atoms with Crippen molar-refractivity contribution in [1.82, 2.24) is 4.98 Å². The molecule has 0 spiro atoms. The maximum absolute atomic E-state index is 6.04. The van der Waals surface area contributed by atoms with E-state index < -0.39 is 0 Å². The molecular weight excluding hydrogens is 234 g/mol. The average molecular weight is 259 g/mol. The number of hydrogen-bond donors (Lipinski definition) is 2. The minimum atomic E-state index is 0.721. The molecule has 0 aliphatic rings. The van der Waals surface area contributed by atoms with Gasteiger partial charge in [-0.15, -0.1) is 0 Å². The molecule has 1 heterocycles. The van der Waals surface area contributed by atoms with Gasteiger partial charge < -0.3 is 11.1 Å². The molecule has 104 valence electrons. The predicted molar refractivity (Wildman–Crippen MR) is 84.7 cm³/mol. The van der Waals surface area contributed by atoms with Gasteiger partial charge in [0.15, 0.2) is 0 Å². The summed E-state index contributed by atoms with van der Waals surface area (Å²) in [6.45, 7) is 13.7. The van der Waals surface area contributed by atoms with Crippen LogP contribution in [0.2, 0.25) is 0 Å². The number of aromatic nitrogens is 1. The van der Waals surface area contributed by atoms with Crippen LogP contribution in [0.25, 0.3) is 0 Å². The van der Waals surface area contributed by atoms with E-state index in [0.29, 0.717) is 0 Å². The standard InChI is InChI=1S/C14H19N3.C2H6/c1-10(2)9-12(14(15)11(3)4)17-13-7-5-6-8-16-13;1-2/h5-9H,1,15H2,2-4H3,(H,16,17);1-2H3/b12-9+;.